The number of ether oxygens (including phenoxy) is 3. The van der Waals surface area contributed by atoms with Gasteiger partial charge in [0, 0.05) is 19.8 Å². The maximum Gasteiger partial charge on any atom is 0.410 e. The summed E-state index contributed by atoms with van der Waals surface area (Å²) in [4.78, 5) is 25.9. The lowest BCUT2D eigenvalue weighted by molar-refractivity contribution is -0.123. The molecule has 2 atom stereocenters. The smallest absolute Gasteiger partial charge is 0.410 e. The van der Waals surface area contributed by atoms with E-state index in [1.807, 2.05) is 6.92 Å². The van der Waals surface area contributed by atoms with E-state index < -0.39 is 11.7 Å². The lowest BCUT2D eigenvalue weighted by atomic mass is 10.2. The van der Waals surface area contributed by atoms with Crippen LogP contribution in [-0.4, -0.2) is 68.1 Å². The maximum atomic E-state index is 12.3. The number of amides is 2. The molecule has 0 bridgehead atoms. The molecule has 2 amide bonds. The van der Waals surface area contributed by atoms with E-state index >= 15 is 0 Å². The highest BCUT2D eigenvalue weighted by atomic mass is 16.6. The molecule has 23 heavy (non-hydrogen) atoms. The van der Waals surface area contributed by atoms with Gasteiger partial charge in [0.1, 0.15) is 12.1 Å². The Hall–Kier alpha value is -1.34. The van der Waals surface area contributed by atoms with Crippen LogP contribution in [0.3, 0.4) is 0 Å². The number of nitrogens with one attached hydrogen (secondary N) is 1. The normalized spacial score (nSPS) is 19.3. The molecule has 1 aliphatic rings. The van der Waals surface area contributed by atoms with Crippen LogP contribution in [0.25, 0.3) is 0 Å². The highest BCUT2D eigenvalue weighted by Gasteiger charge is 2.28. The Morgan fingerprint density at radius 1 is 1.39 bits per heavy atom. The number of carbonyl (C=O) groups is 2. The Bertz CT molecular complexity index is 388. The minimum atomic E-state index is -0.605. The van der Waals surface area contributed by atoms with Gasteiger partial charge in [-0.25, -0.2) is 4.79 Å². The van der Waals surface area contributed by atoms with Gasteiger partial charge in [0.15, 0.2) is 0 Å². The van der Waals surface area contributed by atoms with Crippen molar-refractivity contribution in [2.45, 2.75) is 58.3 Å². The molecule has 7 heteroatoms. The summed E-state index contributed by atoms with van der Waals surface area (Å²) in [6.07, 6.45) is 1.33. The van der Waals surface area contributed by atoms with Gasteiger partial charge in [-0.15, -0.1) is 0 Å². The first-order valence-electron chi connectivity index (χ1n) is 8.09. The summed E-state index contributed by atoms with van der Waals surface area (Å²) in [6.45, 7) is 8.68. The van der Waals surface area contributed by atoms with Crippen molar-refractivity contribution in [1.82, 2.24) is 10.2 Å². The van der Waals surface area contributed by atoms with E-state index in [9.17, 15) is 9.59 Å². The molecule has 0 unspecified atom stereocenters. The van der Waals surface area contributed by atoms with Crippen molar-refractivity contribution in [1.29, 1.82) is 0 Å². The van der Waals surface area contributed by atoms with Crippen molar-refractivity contribution < 1.29 is 23.8 Å². The SMILES string of the molecule is COC[C@@H](C)NC(=O)CN(C[C@@H]1CCCO1)C(=O)OC(C)(C)C. The number of carbonyl (C=O) groups excluding carboxylic acids is 2. The summed E-state index contributed by atoms with van der Waals surface area (Å²) in [5.41, 5.74) is -0.605. The van der Waals surface area contributed by atoms with Crippen LogP contribution < -0.4 is 5.32 Å². The monoisotopic (exact) mass is 330 g/mol. The van der Waals surface area contributed by atoms with Crippen LogP contribution in [0.15, 0.2) is 0 Å². The third-order valence-corrected chi connectivity index (χ3v) is 3.26. The van der Waals surface area contributed by atoms with Crippen LogP contribution in [-0.2, 0) is 19.0 Å². The fourth-order valence-corrected chi connectivity index (χ4v) is 2.35. The summed E-state index contributed by atoms with van der Waals surface area (Å²) in [5, 5.41) is 2.80. The zero-order valence-electron chi connectivity index (χ0n) is 14.9. The molecule has 0 aliphatic carbocycles. The van der Waals surface area contributed by atoms with Crippen LogP contribution in [0.1, 0.15) is 40.5 Å². The average Bonchev–Trinajstić information content (AvgIpc) is 2.88. The predicted octanol–water partition coefficient (Wildman–Crippen LogP) is 1.55. The fourth-order valence-electron chi connectivity index (χ4n) is 2.35. The van der Waals surface area contributed by atoms with Gasteiger partial charge in [-0.2, -0.15) is 0 Å². The van der Waals surface area contributed by atoms with E-state index in [2.05, 4.69) is 5.32 Å². The highest BCUT2D eigenvalue weighted by molar-refractivity contribution is 5.82. The first kappa shape index (κ1) is 19.7. The van der Waals surface area contributed by atoms with E-state index in [1.54, 1.807) is 27.9 Å². The molecule has 0 aromatic carbocycles. The lowest BCUT2D eigenvalue weighted by Crippen LogP contribution is -2.48. The molecule has 7 nitrogen and oxygen atoms in total. The Morgan fingerprint density at radius 3 is 2.61 bits per heavy atom. The molecule has 1 N–H and O–H groups in total. The zero-order chi connectivity index (χ0) is 17.5. The van der Waals surface area contributed by atoms with Gasteiger partial charge in [-0.3, -0.25) is 9.69 Å². The number of methoxy groups -OCH3 is 1. The van der Waals surface area contributed by atoms with E-state index in [4.69, 9.17) is 14.2 Å². The summed E-state index contributed by atoms with van der Waals surface area (Å²) < 4.78 is 15.9. The molecule has 1 fully saturated rings. The van der Waals surface area contributed by atoms with Gasteiger partial charge in [0.05, 0.1) is 19.3 Å². The molecule has 1 aliphatic heterocycles. The quantitative estimate of drug-likeness (QED) is 0.766. The predicted molar refractivity (Wildman–Crippen MR) is 86.3 cm³/mol. The second-order valence-electron chi connectivity index (χ2n) is 6.92. The van der Waals surface area contributed by atoms with Gasteiger partial charge in [-0.05, 0) is 40.5 Å². The molecule has 1 rings (SSSR count). The van der Waals surface area contributed by atoms with Crippen molar-refractivity contribution in [3.63, 3.8) is 0 Å². The summed E-state index contributed by atoms with van der Waals surface area (Å²) in [7, 11) is 1.58. The van der Waals surface area contributed by atoms with Crippen molar-refractivity contribution in [2.75, 3.05) is 33.4 Å². The molecule has 0 spiro atoms. The topological polar surface area (TPSA) is 77.1 Å². The molecule has 1 heterocycles. The van der Waals surface area contributed by atoms with Crippen LogP contribution in [0.2, 0.25) is 0 Å². The molecule has 134 valence electrons. The number of hydrogen-bond donors (Lipinski definition) is 1. The van der Waals surface area contributed by atoms with Gasteiger partial charge in [0.25, 0.3) is 0 Å². The molecule has 0 saturated carbocycles. The fraction of sp³-hybridized carbons (Fsp3) is 0.875. The molecule has 0 aromatic rings. The minimum absolute atomic E-state index is 0.0354. The van der Waals surface area contributed by atoms with Gasteiger partial charge >= 0.3 is 6.09 Å². The lowest BCUT2D eigenvalue weighted by Gasteiger charge is -2.29. The summed E-state index contributed by atoms with van der Waals surface area (Å²) >= 11 is 0. The first-order chi connectivity index (χ1) is 10.7. The van der Waals surface area contributed by atoms with Crippen LogP contribution in [0.5, 0.6) is 0 Å². The molecule has 0 aromatic heterocycles. The van der Waals surface area contributed by atoms with Crippen molar-refractivity contribution >= 4 is 12.0 Å². The zero-order valence-corrected chi connectivity index (χ0v) is 14.9. The Morgan fingerprint density at radius 2 is 2.09 bits per heavy atom. The van der Waals surface area contributed by atoms with Gasteiger partial charge in [-0.1, -0.05) is 0 Å². The number of hydrogen-bond acceptors (Lipinski definition) is 5. The summed E-state index contributed by atoms with van der Waals surface area (Å²) in [5.74, 6) is -0.238. The largest absolute Gasteiger partial charge is 0.444 e. The minimum Gasteiger partial charge on any atom is -0.444 e. The average molecular weight is 330 g/mol. The Kier molecular flexibility index (Phi) is 7.78. The van der Waals surface area contributed by atoms with Crippen molar-refractivity contribution in [2.24, 2.45) is 0 Å². The van der Waals surface area contributed by atoms with Crippen LogP contribution >= 0.6 is 0 Å². The third-order valence-electron chi connectivity index (χ3n) is 3.26. The highest BCUT2D eigenvalue weighted by Crippen LogP contribution is 2.16. The van der Waals surface area contributed by atoms with Crippen molar-refractivity contribution in [3.05, 3.63) is 0 Å². The van der Waals surface area contributed by atoms with E-state index in [0.717, 1.165) is 12.8 Å². The van der Waals surface area contributed by atoms with Crippen molar-refractivity contribution in [3.8, 4) is 0 Å². The molecule has 1 saturated heterocycles. The van der Waals surface area contributed by atoms with E-state index in [-0.39, 0.29) is 24.6 Å². The van der Waals surface area contributed by atoms with E-state index in [0.29, 0.717) is 19.8 Å². The second-order valence-corrected chi connectivity index (χ2v) is 6.92. The van der Waals surface area contributed by atoms with E-state index in [1.165, 1.54) is 4.90 Å². The molecular formula is C16H30N2O5. The van der Waals surface area contributed by atoms with Crippen LogP contribution in [0.4, 0.5) is 4.79 Å². The van der Waals surface area contributed by atoms with Gasteiger partial charge < -0.3 is 19.5 Å². The Balaban J connectivity index is 2.62. The summed E-state index contributed by atoms with van der Waals surface area (Å²) in [6, 6.07) is -0.115. The van der Waals surface area contributed by atoms with Crippen LogP contribution in [0, 0.1) is 0 Å². The third kappa shape index (κ3) is 8.18. The second kappa shape index (κ2) is 9.08. The van der Waals surface area contributed by atoms with Gasteiger partial charge in [0.2, 0.25) is 5.91 Å². The number of nitrogens with zero attached hydrogens (tertiary/aromatic N) is 1. The molecular weight excluding hydrogens is 300 g/mol. The Labute approximate surface area is 138 Å². The standard InChI is InChI=1S/C16H30N2O5/c1-12(11-21-5)17-14(19)10-18(9-13-7-6-8-22-13)15(20)23-16(2,3)4/h12-13H,6-11H2,1-5H3,(H,17,19)/t12-,13+/m1/s1. The maximum absolute atomic E-state index is 12.3. The number of rotatable bonds is 7. The first-order valence-corrected chi connectivity index (χ1v) is 8.09. The molecule has 0 radical (unpaired) electrons.